The van der Waals surface area contributed by atoms with Crippen molar-refractivity contribution < 1.29 is 18.0 Å². The molecule has 0 bridgehead atoms. The molecule has 4 nitrogen and oxygen atoms in total. The average Bonchev–Trinajstić information content (AvgIpc) is 2.55. The number of carbonyl (C=O) groups excluding carboxylic acids is 1. The van der Waals surface area contributed by atoms with Gasteiger partial charge in [0.05, 0.1) is 5.92 Å². The van der Waals surface area contributed by atoms with Gasteiger partial charge >= 0.3 is 12.2 Å². The largest absolute Gasteiger partial charge is 0.391 e. The highest BCUT2D eigenvalue weighted by Crippen LogP contribution is 2.38. The highest BCUT2D eigenvalue weighted by atomic mass is 19.4. The van der Waals surface area contributed by atoms with E-state index in [-0.39, 0.29) is 24.9 Å². The van der Waals surface area contributed by atoms with Gasteiger partial charge in [-0.25, -0.2) is 4.79 Å². The zero-order valence-corrected chi connectivity index (χ0v) is 13.4. The maximum atomic E-state index is 12.9. The zero-order chi connectivity index (χ0) is 17.2. The minimum atomic E-state index is -4.12. The second kappa shape index (κ2) is 6.91. The molecule has 24 heavy (non-hydrogen) atoms. The number of alkyl halides is 3. The summed E-state index contributed by atoms with van der Waals surface area (Å²) in [6.45, 7) is 1.32. The number of benzene rings is 1. The summed E-state index contributed by atoms with van der Waals surface area (Å²) in [4.78, 5) is 13.6. The number of nitrogens with zero attached hydrogens (tertiary/aromatic N) is 1. The van der Waals surface area contributed by atoms with Gasteiger partial charge in [-0.05, 0) is 43.9 Å². The molecule has 1 heterocycles. The van der Waals surface area contributed by atoms with Crippen molar-refractivity contribution in [2.45, 2.75) is 44.3 Å². The first-order valence-electron chi connectivity index (χ1n) is 8.42. The molecule has 0 spiro atoms. The molecule has 1 saturated carbocycles. The average molecular weight is 341 g/mol. The topological polar surface area (TPSA) is 44.4 Å². The van der Waals surface area contributed by atoms with E-state index in [1.54, 1.807) is 4.90 Å². The second-order valence-corrected chi connectivity index (χ2v) is 6.53. The molecule has 2 fully saturated rings. The van der Waals surface area contributed by atoms with Crippen LogP contribution in [-0.2, 0) is 0 Å². The number of nitrogens with one attached hydrogen (secondary N) is 2. The van der Waals surface area contributed by atoms with Crippen molar-refractivity contribution in [1.82, 2.24) is 5.32 Å². The van der Waals surface area contributed by atoms with Crippen molar-refractivity contribution in [3.63, 3.8) is 0 Å². The monoisotopic (exact) mass is 341 g/mol. The van der Waals surface area contributed by atoms with Gasteiger partial charge in [0.15, 0.2) is 0 Å². The van der Waals surface area contributed by atoms with Crippen LogP contribution in [0.2, 0.25) is 0 Å². The Hall–Kier alpha value is -1.92. The summed E-state index contributed by atoms with van der Waals surface area (Å²) < 4.78 is 38.8. The first-order valence-corrected chi connectivity index (χ1v) is 8.42. The maximum Gasteiger partial charge on any atom is 0.391 e. The third kappa shape index (κ3) is 3.94. The Balaban J connectivity index is 1.67. The minimum absolute atomic E-state index is 0.109. The van der Waals surface area contributed by atoms with E-state index in [4.69, 9.17) is 0 Å². The summed E-state index contributed by atoms with van der Waals surface area (Å²) in [6.07, 6.45) is -1.60. The van der Waals surface area contributed by atoms with Gasteiger partial charge in [0.2, 0.25) is 0 Å². The van der Waals surface area contributed by atoms with E-state index in [1.165, 1.54) is 0 Å². The van der Waals surface area contributed by atoms with Gasteiger partial charge in [0.25, 0.3) is 0 Å². The number of halogens is 3. The van der Waals surface area contributed by atoms with E-state index >= 15 is 0 Å². The van der Waals surface area contributed by atoms with Crippen LogP contribution in [0.3, 0.4) is 0 Å². The number of rotatable bonds is 3. The molecule has 1 aliphatic heterocycles. The lowest BCUT2D eigenvalue weighted by Gasteiger charge is -2.32. The molecule has 1 saturated heterocycles. The number of hydrogen-bond donors (Lipinski definition) is 2. The number of carbonyl (C=O) groups is 1. The second-order valence-electron chi connectivity index (χ2n) is 6.53. The summed E-state index contributed by atoms with van der Waals surface area (Å²) >= 11 is 0. The Kier molecular flexibility index (Phi) is 4.87. The molecule has 7 heteroatoms. The van der Waals surface area contributed by atoms with Crippen molar-refractivity contribution in [2.75, 3.05) is 23.3 Å². The Morgan fingerprint density at radius 1 is 1.21 bits per heavy atom. The van der Waals surface area contributed by atoms with Gasteiger partial charge in [0.1, 0.15) is 0 Å². The lowest BCUT2D eigenvalue weighted by molar-refractivity contribution is -0.182. The van der Waals surface area contributed by atoms with Crippen LogP contribution in [0.15, 0.2) is 24.3 Å². The normalized spacial score (nSPS) is 25.3. The minimum Gasteiger partial charge on any atom is -0.382 e. The third-order valence-electron chi connectivity index (χ3n) is 4.75. The van der Waals surface area contributed by atoms with Crippen molar-refractivity contribution in [1.29, 1.82) is 0 Å². The summed E-state index contributed by atoms with van der Waals surface area (Å²) in [5.74, 6) is -1.22. The quantitative estimate of drug-likeness (QED) is 0.868. The number of urea groups is 1. The molecule has 1 aliphatic carbocycles. The third-order valence-corrected chi connectivity index (χ3v) is 4.75. The molecule has 0 radical (unpaired) electrons. The summed E-state index contributed by atoms with van der Waals surface area (Å²) in [6, 6.07) is 7.02. The Morgan fingerprint density at radius 2 is 2.04 bits per heavy atom. The van der Waals surface area contributed by atoms with Crippen molar-refractivity contribution >= 4 is 17.4 Å². The Bertz CT molecular complexity index is 591. The Labute approximate surface area is 139 Å². The van der Waals surface area contributed by atoms with Gasteiger partial charge in [-0.3, -0.25) is 4.90 Å². The van der Waals surface area contributed by atoms with Crippen LogP contribution in [0.1, 0.15) is 32.1 Å². The molecule has 2 unspecified atom stereocenters. The number of hydrogen-bond acceptors (Lipinski definition) is 2. The van der Waals surface area contributed by atoms with E-state index < -0.39 is 12.1 Å². The fourth-order valence-corrected chi connectivity index (χ4v) is 3.49. The molecule has 132 valence electrons. The first kappa shape index (κ1) is 16.9. The van der Waals surface area contributed by atoms with E-state index in [9.17, 15) is 18.0 Å². The zero-order valence-electron chi connectivity index (χ0n) is 13.4. The fraction of sp³-hybridized carbons (Fsp3) is 0.588. The molecule has 1 aromatic carbocycles. The van der Waals surface area contributed by atoms with Crippen LogP contribution in [0.25, 0.3) is 0 Å². The molecular formula is C17H22F3N3O. The fourth-order valence-electron chi connectivity index (χ4n) is 3.49. The summed E-state index contributed by atoms with van der Waals surface area (Å²) in [5.41, 5.74) is 1.53. The SMILES string of the molecule is O=C1NCCCN1c1cccc(NC2CCCC(C(F)(F)F)C2)c1. The van der Waals surface area contributed by atoms with Crippen LogP contribution >= 0.6 is 0 Å². The lowest BCUT2D eigenvalue weighted by atomic mass is 9.85. The summed E-state index contributed by atoms with van der Waals surface area (Å²) in [5, 5.41) is 6.01. The van der Waals surface area contributed by atoms with Crippen LogP contribution in [0, 0.1) is 5.92 Å². The highest BCUT2D eigenvalue weighted by molar-refractivity contribution is 5.93. The standard InChI is InChI=1S/C17H22F3N3O/c18-17(19,20)12-4-1-5-13(10-12)22-14-6-2-7-15(11-14)23-9-3-8-21-16(23)24/h2,6-7,11-13,22H,1,3-5,8-10H2,(H,21,24). The summed E-state index contributed by atoms with van der Waals surface area (Å²) in [7, 11) is 0. The van der Waals surface area contributed by atoms with E-state index in [0.29, 0.717) is 19.5 Å². The lowest BCUT2D eigenvalue weighted by Crippen LogP contribution is -2.46. The number of anilines is 2. The van der Waals surface area contributed by atoms with Crippen LogP contribution < -0.4 is 15.5 Å². The Morgan fingerprint density at radius 3 is 2.79 bits per heavy atom. The highest BCUT2D eigenvalue weighted by Gasteiger charge is 2.42. The van der Waals surface area contributed by atoms with Crippen molar-refractivity contribution in [2.24, 2.45) is 5.92 Å². The smallest absolute Gasteiger partial charge is 0.382 e. The molecule has 3 rings (SSSR count). The molecular weight excluding hydrogens is 319 g/mol. The molecule has 2 aliphatic rings. The van der Waals surface area contributed by atoms with Crippen LogP contribution in [0.5, 0.6) is 0 Å². The van der Waals surface area contributed by atoms with E-state index in [2.05, 4.69) is 10.6 Å². The molecule has 0 aromatic heterocycles. The van der Waals surface area contributed by atoms with E-state index in [1.807, 2.05) is 24.3 Å². The van der Waals surface area contributed by atoms with Crippen molar-refractivity contribution in [3.8, 4) is 0 Å². The maximum absolute atomic E-state index is 12.9. The molecule has 2 amide bonds. The van der Waals surface area contributed by atoms with Gasteiger partial charge in [-0.2, -0.15) is 13.2 Å². The van der Waals surface area contributed by atoms with Crippen molar-refractivity contribution in [3.05, 3.63) is 24.3 Å². The van der Waals surface area contributed by atoms with Gasteiger partial charge in [-0.15, -0.1) is 0 Å². The predicted molar refractivity (Wildman–Crippen MR) is 87.2 cm³/mol. The molecule has 2 N–H and O–H groups in total. The number of amides is 2. The molecule has 1 aromatic rings. The molecule has 2 atom stereocenters. The van der Waals surface area contributed by atoms with Gasteiger partial charge in [0, 0.05) is 30.5 Å². The van der Waals surface area contributed by atoms with Crippen LogP contribution in [0.4, 0.5) is 29.3 Å². The van der Waals surface area contributed by atoms with Gasteiger partial charge < -0.3 is 10.6 Å². The first-order chi connectivity index (χ1) is 11.4. The van der Waals surface area contributed by atoms with Gasteiger partial charge in [-0.1, -0.05) is 12.5 Å². The van der Waals surface area contributed by atoms with Crippen LogP contribution in [-0.4, -0.2) is 31.3 Å². The predicted octanol–water partition coefficient (Wildman–Crippen LogP) is 4.14. The van der Waals surface area contributed by atoms with E-state index in [0.717, 1.165) is 24.2 Å².